The van der Waals surface area contributed by atoms with Gasteiger partial charge in [0.2, 0.25) is 5.91 Å². The quantitative estimate of drug-likeness (QED) is 0.455. The maximum atomic E-state index is 13.5. The van der Waals surface area contributed by atoms with E-state index >= 15 is 0 Å². The third-order valence-electron chi connectivity index (χ3n) is 5.32. The molecule has 0 saturated heterocycles. The number of benzene rings is 3. The number of hydrogen-bond acceptors (Lipinski definition) is 4. The molecule has 0 aliphatic rings. The van der Waals surface area contributed by atoms with Crippen LogP contribution < -0.4 is 14.4 Å². The molecule has 0 heterocycles. The largest absolute Gasteiger partial charge is 0.497 e. The minimum atomic E-state index is -4.01. The minimum absolute atomic E-state index is 0.0966. The smallest absolute Gasteiger partial charge is 0.264 e. The first-order valence-corrected chi connectivity index (χ1v) is 12.3. The van der Waals surface area contributed by atoms with Gasteiger partial charge in [-0.05, 0) is 60.9 Å². The molecule has 6 nitrogen and oxygen atoms in total. The van der Waals surface area contributed by atoms with E-state index in [2.05, 4.69) is 5.32 Å². The topological polar surface area (TPSA) is 75.7 Å². The predicted molar refractivity (Wildman–Crippen MR) is 131 cm³/mol. The van der Waals surface area contributed by atoms with E-state index in [1.54, 1.807) is 50.4 Å². The van der Waals surface area contributed by atoms with Crippen molar-refractivity contribution in [1.29, 1.82) is 0 Å². The predicted octanol–water partition coefficient (Wildman–Crippen LogP) is 5.12. The van der Waals surface area contributed by atoms with Crippen LogP contribution in [0.15, 0.2) is 77.7 Å². The number of methoxy groups -OCH3 is 1. The second kappa shape index (κ2) is 10.7. The van der Waals surface area contributed by atoms with Crippen LogP contribution in [0, 0.1) is 6.92 Å². The van der Waals surface area contributed by atoms with Crippen LogP contribution >= 0.6 is 11.6 Å². The molecule has 1 N–H and O–H groups in total. The monoisotopic (exact) mass is 486 g/mol. The molecule has 1 atom stereocenters. The molecule has 0 fully saturated rings. The normalized spacial score (nSPS) is 12.1. The molecule has 0 saturated carbocycles. The van der Waals surface area contributed by atoms with Gasteiger partial charge in [-0.25, -0.2) is 8.42 Å². The number of ether oxygens (including phenoxy) is 1. The number of halogens is 1. The molecule has 33 heavy (non-hydrogen) atoms. The average molecular weight is 487 g/mol. The zero-order chi connectivity index (χ0) is 24.0. The number of carbonyl (C=O) groups excluding carboxylic acids is 1. The molecule has 0 aliphatic heterocycles. The third kappa shape index (κ3) is 5.86. The second-order valence-corrected chi connectivity index (χ2v) is 9.86. The number of anilines is 1. The highest BCUT2D eigenvalue weighted by molar-refractivity contribution is 7.92. The maximum Gasteiger partial charge on any atom is 0.264 e. The summed E-state index contributed by atoms with van der Waals surface area (Å²) >= 11 is 6.17. The molecule has 0 bridgehead atoms. The summed E-state index contributed by atoms with van der Waals surface area (Å²) < 4.78 is 33.3. The molecular formula is C25H27ClN2O4S. The highest BCUT2D eigenvalue weighted by Gasteiger charge is 2.29. The SMILES string of the molecule is CCC(NC(=O)CN(c1cc(Cl)ccc1C)S(=O)(=O)c1ccccc1)c1ccc(OC)cc1. The molecular weight excluding hydrogens is 460 g/mol. The van der Waals surface area contributed by atoms with Crippen LogP contribution in [0.25, 0.3) is 0 Å². The summed E-state index contributed by atoms with van der Waals surface area (Å²) in [5, 5.41) is 3.34. The Hall–Kier alpha value is -3.03. The van der Waals surface area contributed by atoms with Gasteiger partial charge in [-0.2, -0.15) is 0 Å². The zero-order valence-corrected chi connectivity index (χ0v) is 20.4. The summed E-state index contributed by atoms with van der Waals surface area (Å²) in [5.74, 6) is 0.299. The Labute approximate surface area is 200 Å². The number of sulfonamides is 1. The van der Waals surface area contributed by atoms with Gasteiger partial charge in [0.15, 0.2) is 0 Å². The number of carbonyl (C=O) groups is 1. The van der Waals surface area contributed by atoms with Gasteiger partial charge in [0, 0.05) is 5.02 Å². The number of rotatable bonds is 9. The lowest BCUT2D eigenvalue weighted by Gasteiger charge is -2.27. The van der Waals surface area contributed by atoms with Crippen LogP contribution in [0.5, 0.6) is 5.75 Å². The van der Waals surface area contributed by atoms with E-state index in [0.717, 1.165) is 15.6 Å². The molecule has 0 aliphatic carbocycles. The van der Waals surface area contributed by atoms with E-state index < -0.39 is 15.9 Å². The molecule has 0 spiro atoms. The minimum Gasteiger partial charge on any atom is -0.497 e. The van der Waals surface area contributed by atoms with E-state index in [1.165, 1.54) is 12.1 Å². The van der Waals surface area contributed by atoms with Crippen LogP contribution in [0.1, 0.15) is 30.5 Å². The average Bonchev–Trinajstić information content (AvgIpc) is 2.83. The number of amides is 1. The second-order valence-electron chi connectivity index (χ2n) is 7.56. The fourth-order valence-corrected chi connectivity index (χ4v) is 5.16. The molecule has 0 radical (unpaired) electrons. The van der Waals surface area contributed by atoms with Crippen LogP contribution in [-0.4, -0.2) is 28.0 Å². The van der Waals surface area contributed by atoms with Crippen LogP contribution in [0.2, 0.25) is 5.02 Å². The third-order valence-corrected chi connectivity index (χ3v) is 7.33. The summed E-state index contributed by atoms with van der Waals surface area (Å²) in [6.45, 7) is 3.35. The van der Waals surface area contributed by atoms with E-state index in [0.29, 0.717) is 22.7 Å². The lowest BCUT2D eigenvalue weighted by molar-refractivity contribution is -0.120. The van der Waals surface area contributed by atoms with Crippen molar-refractivity contribution in [2.75, 3.05) is 18.0 Å². The number of aryl methyl sites for hydroxylation is 1. The first kappa shape index (κ1) is 24.6. The molecule has 174 valence electrons. The fraction of sp³-hybridized carbons (Fsp3) is 0.240. The van der Waals surface area contributed by atoms with Crippen molar-refractivity contribution in [3.8, 4) is 5.75 Å². The van der Waals surface area contributed by atoms with Gasteiger partial charge >= 0.3 is 0 Å². The first-order valence-electron chi connectivity index (χ1n) is 10.5. The Morgan fingerprint density at radius 2 is 1.73 bits per heavy atom. The van der Waals surface area contributed by atoms with Gasteiger partial charge < -0.3 is 10.1 Å². The number of hydrogen-bond donors (Lipinski definition) is 1. The van der Waals surface area contributed by atoms with Gasteiger partial charge in [0.1, 0.15) is 12.3 Å². The Kier molecular flexibility index (Phi) is 8.00. The molecule has 0 aromatic heterocycles. The molecule has 3 rings (SSSR count). The summed E-state index contributed by atoms with van der Waals surface area (Å²) in [6.07, 6.45) is 0.639. The van der Waals surface area contributed by atoms with Crippen molar-refractivity contribution in [3.05, 3.63) is 88.9 Å². The molecule has 3 aromatic carbocycles. The Morgan fingerprint density at radius 1 is 1.06 bits per heavy atom. The van der Waals surface area contributed by atoms with Crippen molar-refractivity contribution < 1.29 is 17.9 Å². The van der Waals surface area contributed by atoms with Crippen molar-refractivity contribution in [2.45, 2.75) is 31.2 Å². The zero-order valence-electron chi connectivity index (χ0n) is 18.8. The molecule has 8 heteroatoms. The van der Waals surface area contributed by atoms with Gasteiger partial charge in [0.25, 0.3) is 10.0 Å². The van der Waals surface area contributed by atoms with Gasteiger partial charge in [0.05, 0.1) is 23.7 Å². The fourth-order valence-electron chi connectivity index (χ4n) is 3.50. The molecule has 3 aromatic rings. The standard InChI is InChI=1S/C25H27ClN2O4S/c1-4-23(19-11-14-21(32-3)15-12-19)27-25(29)17-28(24-16-20(26)13-10-18(24)2)33(30,31)22-8-6-5-7-9-22/h5-16,23H,4,17H2,1-3H3,(H,27,29). The van der Waals surface area contributed by atoms with E-state index in [4.69, 9.17) is 16.3 Å². The summed E-state index contributed by atoms with van der Waals surface area (Å²) in [4.78, 5) is 13.2. The summed E-state index contributed by atoms with van der Waals surface area (Å²) in [6, 6.07) is 20.2. The van der Waals surface area contributed by atoms with Gasteiger partial charge in [-0.3, -0.25) is 9.10 Å². The van der Waals surface area contributed by atoms with E-state index in [-0.39, 0.29) is 17.5 Å². The lowest BCUT2D eigenvalue weighted by Crippen LogP contribution is -2.42. The van der Waals surface area contributed by atoms with Crippen molar-refractivity contribution in [2.24, 2.45) is 0 Å². The lowest BCUT2D eigenvalue weighted by atomic mass is 10.0. The van der Waals surface area contributed by atoms with Crippen molar-refractivity contribution in [1.82, 2.24) is 5.32 Å². The molecule has 1 unspecified atom stereocenters. The Morgan fingerprint density at radius 3 is 2.33 bits per heavy atom. The highest BCUT2D eigenvalue weighted by Crippen LogP contribution is 2.29. The maximum absolute atomic E-state index is 13.5. The number of nitrogens with zero attached hydrogens (tertiary/aromatic N) is 1. The summed E-state index contributed by atoms with van der Waals surface area (Å²) in [5.41, 5.74) is 1.95. The van der Waals surface area contributed by atoms with Crippen LogP contribution in [0.4, 0.5) is 5.69 Å². The van der Waals surface area contributed by atoms with Crippen LogP contribution in [0.3, 0.4) is 0 Å². The van der Waals surface area contributed by atoms with Gasteiger partial charge in [-0.1, -0.05) is 54.9 Å². The van der Waals surface area contributed by atoms with E-state index in [9.17, 15) is 13.2 Å². The summed E-state index contributed by atoms with van der Waals surface area (Å²) in [7, 11) is -2.42. The Balaban J connectivity index is 1.92. The van der Waals surface area contributed by atoms with Crippen molar-refractivity contribution >= 4 is 33.2 Å². The van der Waals surface area contributed by atoms with E-state index in [1.807, 2.05) is 31.2 Å². The first-order chi connectivity index (χ1) is 15.8. The van der Waals surface area contributed by atoms with Gasteiger partial charge in [-0.15, -0.1) is 0 Å². The highest BCUT2D eigenvalue weighted by atomic mass is 35.5. The molecule has 1 amide bonds. The van der Waals surface area contributed by atoms with Crippen molar-refractivity contribution in [3.63, 3.8) is 0 Å². The van der Waals surface area contributed by atoms with Crippen LogP contribution in [-0.2, 0) is 14.8 Å². The number of nitrogens with one attached hydrogen (secondary N) is 1. The Bertz CT molecular complexity index is 1200.